The Morgan fingerprint density at radius 1 is 1.00 bits per heavy atom. The molecule has 0 aliphatic rings. The van der Waals surface area contributed by atoms with E-state index in [0.29, 0.717) is 24.3 Å². The van der Waals surface area contributed by atoms with Crippen molar-refractivity contribution in [3.05, 3.63) is 42.0 Å². The van der Waals surface area contributed by atoms with Crippen LogP contribution in [0.5, 0.6) is 5.75 Å². The van der Waals surface area contributed by atoms with Gasteiger partial charge in [-0.2, -0.15) is 43.5 Å². The predicted octanol–water partition coefficient (Wildman–Crippen LogP) is 3.88. The number of carbonyl (C=O) groups is 2. The Balaban J connectivity index is 3.36. The maximum atomic E-state index is 13.8. The molecule has 0 aromatic heterocycles. The third kappa shape index (κ3) is 6.86. The van der Waals surface area contributed by atoms with Crippen LogP contribution in [0.2, 0.25) is 0 Å². The van der Waals surface area contributed by atoms with Crippen molar-refractivity contribution in [2.45, 2.75) is 36.7 Å². The van der Waals surface area contributed by atoms with Crippen molar-refractivity contribution in [2.24, 2.45) is 0 Å². The number of halogens is 8. The van der Waals surface area contributed by atoms with Crippen molar-refractivity contribution in [2.75, 3.05) is 6.61 Å². The van der Waals surface area contributed by atoms with Crippen LogP contribution in [0.25, 0.3) is 0 Å². The average molecular weight is 530 g/mol. The second-order valence-corrected chi connectivity index (χ2v) is 7.95. The number of hydrogen-bond acceptors (Lipinski definition) is 7. The molecule has 17 heteroatoms. The van der Waals surface area contributed by atoms with Gasteiger partial charge < -0.3 is 14.2 Å². The number of esters is 2. The van der Waals surface area contributed by atoms with Crippen molar-refractivity contribution < 1.29 is 71.9 Å². The Labute approximate surface area is 185 Å². The van der Waals surface area contributed by atoms with E-state index in [1.54, 1.807) is 0 Å². The number of ether oxygens (including phenoxy) is 3. The van der Waals surface area contributed by atoms with Crippen LogP contribution in [0.1, 0.15) is 18.9 Å². The highest BCUT2D eigenvalue weighted by atomic mass is 32.2. The molecule has 0 heterocycles. The SMILES string of the molecule is C=C(C)C(=O)OC(OCCC(F)(F)S(=O)(=O)O)(C(=O)Oc1ccc(C(F)(F)F)cc1)C(F)(F)F. The molecule has 0 bridgehead atoms. The van der Waals surface area contributed by atoms with Gasteiger partial charge in [0.1, 0.15) is 5.75 Å². The average Bonchev–Trinajstić information content (AvgIpc) is 2.64. The van der Waals surface area contributed by atoms with Crippen LogP contribution in [-0.2, 0) is 35.4 Å². The molecule has 0 spiro atoms. The second-order valence-electron chi connectivity index (χ2n) is 6.41. The number of rotatable bonds is 9. The van der Waals surface area contributed by atoms with E-state index >= 15 is 0 Å². The minimum absolute atomic E-state index is 0.325. The summed E-state index contributed by atoms with van der Waals surface area (Å²) in [5.41, 5.74) is -2.00. The fraction of sp³-hybridized carbons (Fsp3) is 0.412. The molecule has 1 atom stereocenters. The third-order valence-electron chi connectivity index (χ3n) is 3.69. The fourth-order valence-electron chi connectivity index (χ4n) is 1.93. The molecular formula is C17H14F8O8S. The number of carbonyl (C=O) groups excluding carboxylic acids is 2. The topological polar surface area (TPSA) is 116 Å². The van der Waals surface area contributed by atoms with Gasteiger partial charge in [-0.05, 0) is 31.2 Å². The zero-order chi connectivity index (χ0) is 26.8. The molecule has 0 radical (unpaired) electrons. The van der Waals surface area contributed by atoms with E-state index in [2.05, 4.69) is 20.8 Å². The highest BCUT2D eigenvalue weighted by molar-refractivity contribution is 7.86. The van der Waals surface area contributed by atoms with E-state index < -0.39 is 75.4 Å². The Bertz CT molecular complexity index is 1030. The molecule has 0 amide bonds. The highest BCUT2D eigenvalue weighted by Gasteiger charge is 2.68. The molecule has 0 saturated carbocycles. The second kappa shape index (κ2) is 9.83. The summed E-state index contributed by atoms with van der Waals surface area (Å²) in [5, 5.41) is -5.03. The maximum absolute atomic E-state index is 13.8. The van der Waals surface area contributed by atoms with E-state index in [0.717, 1.165) is 6.92 Å². The summed E-state index contributed by atoms with van der Waals surface area (Å²) in [6, 6.07) is 1.50. The number of benzene rings is 1. The normalized spacial score (nSPS) is 14.8. The quantitative estimate of drug-likeness (QED) is 0.128. The van der Waals surface area contributed by atoms with Crippen molar-refractivity contribution in [3.8, 4) is 5.75 Å². The van der Waals surface area contributed by atoms with E-state index in [1.165, 1.54) is 0 Å². The monoisotopic (exact) mass is 530 g/mol. The van der Waals surface area contributed by atoms with Crippen LogP contribution in [0.4, 0.5) is 35.1 Å². The van der Waals surface area contributed by atoms with Crippen LogP contribution < -0.4 is 4.74 Å². The Morgan fingerprint density at radius 2 is 1.50 bits per heavy atom. The minimum atomic E-state index is -6.10. The van der Waals surface area contributed by atoms with Crippen molar-refractivity contribution >= 4 is 22.1 Å². The van der Waals surface area contributed by atoms with Gasteiger partial charge in [-0.3, -0.25) is 4.55 Å². The first-order chi connectivity index (χ1) is 15.1. The van der Waals surface area contributed by atoms with Gasteiger partial charge in [0.25, 0.3) is 0 Å². The number of hydrogen-bond donors (Lipinski definition) is 1. The zero-order valence-electron chi connectivity index (χ0n) is 16.7. The highest BCUT2D eigenvalue weighted by Crippen LogP contribution is 2.39. The first kappa shape index (κ1) is 29.2. The molecule has 0 saturated heterocycles. The summed E-state index contributed by atoms with van der Waals surface area (Å²) in [5.74, 6) is -10.3. The summed E-state index contributed by atoms with van der Waals surface area (Å²) in [4.78, 5) is 24.0. The molecule has 1 aromatic carbocycles. The maximum Gasteiger partial charge on any atom is 0.468 e. The van der Waals surface area contributed by atoms with Crippen LogP contribution in [0, 0.1) is 0 Å². The lowest BCUT2D eigenvalue weighted by molar-refractivity contribution is -0.353. The van der Waals surface area contributed by atoms with Crippen molar-refractivity contribution in [1.29, 1.82) is 0 Å². The minimum Gasteiger partial charge on any atom is -0.421 e. The van der Waals surface area contributed by atoms with Crippen molar-refractivity contribution in [1.82, 2.24) is 0 Å². The van der Waals surface area contributed by atoms with Crippen LogP contribution in [0.3, 0.4) is 0 Å². The standard InChI is InChI=1S/C17H14F8O8S/c1-9(2)12(26)33-15(17(23,24)25,31-8-7-14(18,19)34(28,29)30)13(27)32-11-5-3-10(4-6-11)16(20,21)22/h3-6H,1,7-8H2,2H3,(H,28,29,30). The molecule has 192 valence electrons. The van der Waals surface area contributed by atoms with Gasteiger partial charge in [0.15, 0.2) is 0 Å². The molecule has 0 aliphatic carbocycles. The van der Waals surface area contributed by atoms with Gasteiger partial charge in [-0.25, -0.2) is 9.59 Å². The fourth-order valence-corrected chi connectivity index (χ4v) is 2.27. The Kier molecular flexibility index (Phi) is 8.45. The van der Waals surface area contributed by atoms with E-state index in [4.69, 9.17) is 4.55 Å². The molecule has 34 heavy (non-hydrogen) atoms. The summed E-state index contributed by atoms with van der Waals surface area (Å²) in [7, 11) is -6.10. The van der Waals surface area contributed by atoms with Gasteiger partial charge >= 0.3 is 45.5 Å². The molecule has 1 unspecified atom stereocenters. The van der Waals surface area contributed by atoms with Crippen molar-refractivity contribution in [3.63, 3.8) is 0 Å². The smallest absolute Gasteiger partial charge is 0.421 e. The Morgan fingerprint density at radius 3 is 1.88 bits per heavy atom. The molecule has 1 aromatic rings. The molecule has 1 N–H and O–H groups in total. The molecule has 0 fully saturated rings. The van der Waals surface area contributed by atoms with Gasteiger partial charge in [-0.1, -0.05) is 6.58 Å². The Hall–Kier alpha value is -2.79. The summed E-state index contributed by atoms with van der Waals surface area (Å²) in [6.07, 6.45) is -13.0. The first-order valence-corrected chi connectivity index (χ1v) is 9.92. The van der Waals surface area contributed by atoms with Gasteiger partial charge in [0.2, 0.25) is 0 Å². The molecule has 8 nitrogen and oxygen atoms in total. The molecular weight excluding hydrogens is 516 g/mol. The predicted molar refractivity (Wildman–Crippen MR) is 93.8 cm³/mol. The van der Waals surface area contributed by atoms with Crippen LogP contribution in [0.15, 0.2) is 36.4 Å². The lowest BCUT2D eigenvalue weighted by atomic mass is 10.2. The van der Waals surface area contributed by atoms with E-state index in [9.17, 15) is 53.1 Å². The zero-order valence-corrected chi connectivity index (χ0v) is 17.5. The summed E-state index contributed by atoms with van der Waals surface area (Å²) >= 11 is 0. The third-order valence-corrected chi connectivity index (χ3v) is 4.65. The number of alkyl halides is 8. The van der Waals surface area contributed by atoms with Gasteiger partial charge in [-0.15, -0.1) is 0 Å². The first-order valence-electron chi connectivity index (χ1n) is 8.48. The van der Waals surface area contributed by atoms with Gasteiger partial charge in [0.05, 0.1) is 18.6 Å². The van der Waals surface area contributed by atoms with Crippen LogP contribution >= 0.6 is 0 Å². The lowest BCUT2D eigenvalue weighted by Crippen LogP contribution is -2.59. The molecule has 0 aliphatic heterocycles. The van der Waals surface area contributed by atoms with Gasteiger partial charge in [0, 0.05) is 5.57 Å². The van der Waals surface area contributed by atoms with E-state index in [1.807, 2.05) is 0 Å². The van der Waals surface area contributed by atoms with E-state index in [-0.39, 0.29) is 0 Å². The van der Waals surface area contributed by atoms with Crippen LogP contribution in [-0.4, -0.2) is 48.7 Å². The largest absolute Gasteiger partial charge is 0.468 e. The summed E-state index contributed by atoms with van der Waals surface area (Å²) in [6.45, 7) is 1.84. The lowest BCUT2D eigenvalue weighted by Gasteiger charge is -2.32. The molecule has 1 rings (SSSR count). The summed E-state index contributed by atoms with van der Waals surface area (Å²) < 4.78 is 148.